The molecule has 0 spiro atoms. The van der Waals surface area contributed by atoms with Gasteiger partial charge in [0.05, 0.1) is 66.8 Å². The molecule has 85 heavy (non-hydrogen) atoms. The maximum Gasteiger partial charge on any atom is 0.346 e. The van der Waals surface area contributed by atoms with Gasteiger partial charge in [-0.25, -0.2) is 71.9 Å². The average molecular weight is 1180 g/mol. The second kappa shape index (κ2) is 27.3. The maximum atomic E-state index is 13.8. The number of benzene rings is 4. The van der Waals surface area contributed by atoms with Crippen LogP contribution in [-0.4, -0.2) is 158 Å². The quantitative estimate of drug-likeness (QED) is 0.0385. The molecule has 4 aromatic rings. The summed E-state index contributed by atoms with van der Waals surface area (Å²) in [4.78, 5) is 190. The van der Waals surface area contributed by atoms with Gasteiger partial charge in [-0.15, -0.1) is 0 Å². The first kappa shape index (κ1) is 62.7. The molecule has 0 fully saturated rings. The SMILES string of the molecule is C=C(C)C(=O)OCC(COC(=O)c1ccc(C(=O)O)c(C(=O)OC(COC(=O)C(=C)C)COC(=O)c2ccc(C(=O)O)c(C(=O)OCC(COC(=O)C(=C)C)OC(=O)c3ccc4c(c3)C(=O)OC4=O)c2)c1)OC(=O)c1ccc2c(c1)C(=O)OC2=O. The molecule has 0 aromatic heterocycles. The van der Waals surface area contributed by atoms with Gasteiger partial charge >= 0.3 is 89.5 Å². The Balaban J connectivity index is 1.16. The third-order valence-electron chi connectivity index (χ3n) is 11.4. The number of rotatable bonds is 26. The van der Waals surface area contributed by atoms with E-state index in [4.69, 9.17) is 42.6 Å². The first-order valence-electron chi connectivity index (χ1n) is 24.3. The maximum absolute atomic E-state index is 13.8. The van der Waals surface area contributed by atoms with E-state index in [0.29, 0.717) is 12.1 Å². The molecule has 6 rings (SSSR count). The van der Waals surface area contributed by atoms with Gasteiger partial charge < -0.3 is 62.3 Å². The van der Waals surface area contributed by atoms with Crippen molar-refractivity contribution < 1.29 is 134 Å². The van der Waals surface area contributed by atoms with Crippen molar-refractivity contribution in [3.63, 3.8) is 0 Å². The summed E-state index contributed by atoms with van der Waals surface area (Å²) in [6.07, 6.45) is -5.00. The third kappa shape index (κ3) is 15.9. The minimum Gasteiger partial charge on any atom is -0.478 e. The summed E-state index contributed by atoms with van der Waals surface area (Å²) in [5, 5.41) is 19.9. The highest BCUT2D eigenvalue weighted by Crippen LogP contribution is 2.25. The zero-order valence-electron chi connectivity index (χ0n) is 44.5. The molecule has 2 N–H and O–H groups in total. The van der Waals surface area contributed by atoms with Crippen LogP contribution in [-0.2, 0) is 66.5 Å². The van der Waals surface area contributed by atoms with E-state index in [2.05, 4.69) is 29.2 Å². The molecule has 0 aliphatic carbocycles. The molecule has 28 nitrogen and oxygen atoms in total. The van der Waals surface area contributed by atoms with Crippen molar-refractivity contribution in [1.82, 2.24) is 0 Å². The Morgan fingerprint density at radius 2 is 0.647 bits per heavy atom. The molecule has 3 unspecified atom stereocenters. The van der Waals surface area contributed by atoms with Gasteiger partial charge in [0.2, 0.25) is 0 Å². The number of ether oxygens (including phenoxy) is 11. The first-order valence-corrected chi connectivity index (χ1v) is 24.3. The van der Waals surface area contributed by atoms with E-state index in [0.717, 1.165) is 60.7 Å². The van der Waals surface area contributed by atoms with E-state index in [9.17, 15) is 82.1 Å². The summed E-state index contributed by atoms with van der Waals surface area (Å²) in [5.74, 6) is -18.3. The van der Waals surface area contributed by atoms with Crippen molar-refractivity contribution in [2.24, 2.45) is 0 Å². The van der Waals surface area contributed by atoms with Crippen LogP contribution in [0.25, 0.3) is 0 Å². The van der Waals surface area contributed by atoms with Gasteiger partial charge in [0.15, 0.2) is 18.3 Å². The Bertz CT molecular complexity index is 3600. The molecule has 4 aromatic carbocycles. The molecular formula is C57H44O28. The summed E-state index contributed by atoms with van der Waals surface area (Å²) >= 11 is 0. The number of fused-ring (bicyclic) bond motifs is 2. The Morgan fingerprint density at radius 1 is 0.365 bits per heavy atom. The molecule has 2 aliphatic rings. The van der Waals surface area contributed by atoms with E-state index >= 15 is 0 Å². The molecule has 3 atom stereocenters. The van der Waals surface area contributed by atoms with Gasteiger partial charge in [0.25, 0.3) is 0 Å². The first-order chi connectivity index (χ1) is 40.1. The number of hydrogen-bond donors (Lipinski definition) is 2. The highest BCUT2D eigenvalue weighted by Gasteiger charge is 2.34. The Morgan fingerprint density at radius 3 is 0.988 bits per heavy atom. The molecule has 2 aliphatic heterocycles. The molecule has 0 radical (unpaired) electrons. The smallest absolute Gasteiger partial charge is 0.346 e. The van der Waals surface area contributed by atoms with Gasteiger partial charge in [0, 0.05) is 16.7 Å². The van der Waals surface area contributed by atoms with Crippen LogP contribution in [0.3, 0.4) is 0 Å². The van der Waals surface area contributed by atoms with E-state index in [1.165, 1.54) is 20.8 Å². The zero-order chi connectivity index (χ0) is 62.6. The molecule has 0 saturated heterocycles. The van der Waals surface area contributed by atoms with Crippen LogP contribution in [0.4, 0.5) is 0 Å². The topological polar surface area (TPSA) is 398 Å². The molecule has 2 heterocycles. The van der Waals surface area contributed by atoms with E-state index in [1.807, 2.05) is 0 Å². The number of carboxylic acids is 2. The molecule has 440 valence electrons. The van der Waals surface area contributed by atoms with Crippen molar-refractivity contribution in [1.29, 1.82) is 0 Å². The van der Waals surface area contributed by atoms with Crippen LogP contribution in [0.5, 0.6) is 0 Å². The highest BCUT2D eigenvalue weighted by atomic mass is 16.6. The minimum absolute atomic E-state index is 0.0684. The zero-order valence-corrected chi connectivity index (χ0v) is 44.5. The number of carbonyl (C=O) groups excluding carboxylic acids is 13. The van der Waals surface area contributed by atoms with Crippen molar-refractivity contribution in [3.8, 4) is 0 Å². The molecule has 28 heteroatoms. The van der Waals surface area contributed by atoms with Crippen LogP contribution in [0, 0.1) is 0 Å². The van der Waals surface area contributed by atoms with E-state index in [1.54, 1.807) is 0 Å². The van der Waals surface area contributed by atoms with Crippen molar-refractivity contribution in [2.75, 3.05) is 39.6 Å². The predicted octanol–water partition coefficient (Wildman–Crippen LogP) is 4.21. The van der Waals surface area contributed by atoms with Gasteiger partial charge in [-0.05, 0) is 93.6 Å². The van der Waals surface area contributed by atoms with Gasteiger partial charge in [-0.2, -0.15) is 0 Å². The van der Waals surface area contributed by atoms with Crippen LogP contribution < -0.4 is 0 Å². The summed E-state index contributed by atoms with van der Waals surface area (Å²) in [5.41, 5.74) is -5.86. The fourth-order valence-electron chi connectivity index (χ4n) is 7.11. The minimum atomic E-state index is -1.80. The summed E-state index contributed by atoms with van der Waals surface area (Å²) in [7, 11) is 0. The predicted molar refractivity (Wildman–Crippen MR) is 275 cm³/mol. The lowest BCUT2D eigenvalue weighted by molar-refractivity contribution is -0.143. The number of carbonyl (C=O) groups is 15. The normalized spacial score (nSPS) is 12.9. The molecule has 0 saturated carbocycles. The second-order valence-electron chi connectivity index (χ2n) is 18.0. The molecular weight excluding hydrogens is 1130 g/mol. The lowest BCUT2D eigenvalue weighted by Gasteiger charge is -2.20. The number of cyclic esters (lactones) is 4. The van der Waals surface area contributed by atoms with E-state index in [-0.39, 0.29) is 50.1 Å². The Hall–Kier alpha value is -11.5. The van der Waals surface area contributed by atoms with Crippen LogP contribution >= 0.6 is 0 Å². The number of esters is 13. The van der Waals surface area contributed by atoms with Gasteiger partial charge in [-0.3, -0.25) is 0 Å². The largest absolute Gasteiger partial charge is 0.478 e. The van der Waals surface area contributed by atoms with Crippen molar-refractivity contribution in [2.45, 2.75) is 39.1 Å². The van der Waals surface area contributed by atoms with Gasteiger partial charge in [0.1, 0.15) is 39.6 Å². The number of carboxylic acid groups (broad SMARTS) is 2. The monoisotopic (exact) mass is 1180 g/mol. The lowest BCUT2D eigenvalue weighted by atomic mass is 10.0. The number of hydrogen-bond acceptors (Lipinski definition) is 26. The van der Waals surface area contributed by atoms with Crippen LogP contribution in [0.2, 0.25) is 0 Å². The summed E-state index contributed by atoms with van der Waals surface area (Å²) in [6, 6.07) is 11.3. The van der Waals surface area contributed by atoms with Crippen LogP contribution in [0.1, 0.15) is 145 Å². The Labute approximate surface area is 477 Å². The summed E-state index contributed by atoms with van der Waals surface area (Å²) in [6.45, 7) is 8.93. The number of aromatic carboxylic acids is 2. The highest BCUT2D eigenvalue weighted by molar-refractivity contribution is 6.16. The van der Waals surface area contributed by atoms with Crippen molar-refractivity contribution in [3.05, 3.63) is 176 Å². The summed E-state index contributed by atoms with van der Waals surface area (Å²) < 4.78 is 56.3. The fraction of sp³-hybridized carbons (Fsp3) is 0.211. The lowest BCUT2D eigenvalue weighted by Crippen LogP contribution is -2.32. The van der Waals surface area contributed by atoms with Gasteiger partial charge in [-0.1, -0.05) is 19.7 Å². The van der Waals surface area contributed by atoms with Crippen LogP contribution in [0.15, 0.2) is 109 Å². The van der Waals surface area contributed by atoms with E-state index < -0.39 is 181 Å². The standard InChI is InChI=1S/C57H44O28/c1-25(2)45(62)75-19-32(81-50(67)30-9-13-37-41(17-30)56(73)84-53(37)70)22-78-49(66)29-8-12-36(44(60)61)40(16-29)55(72)83-34(21-77-47(64)27(5)6)23-79-48(65)28-7-11-35(43(58)59)39(15-28)52(69)80-24-33(20-76-46(63)26(3)4)82-51(68)31-10-14-38-42(18-31)57(74)85-54(38)71/h7-18,32-34H,1,3,5,19-24H2,2,4,6H3,(H,58,59)(H,60,61). The second-order valence-corrected chi connectivity index (χ2v) is 18.0. The van der Waals surface area contributed by atoms with Crippen molar-refractivity contribution >= 4 is 89.5 Å². The molecule has 0 bridgehead atoms. The average Bonchev–Trinajstić information content (AvgIpc) is 4.17. The fourth-order valence-corrected chi connectivity index (χ4v) is 7.11. The Kier molecular flexibility index (Phi) is 20.2. The molecule has 0 amide bonds. The third-order valence-corrected chi connectivity index (χ3v) is 11.4.